The number of aliphatic hydroxyl groups is 1. The number of fused-ring (bicyclic) bond motifs is 1. The third-order valence-electron chi connectivity index (χ3n) is 3.15. The molecular formula is C15H11NO4. The van der Waals surface area contributed by atoms with Crippen LogP contribution in [0.3, 0.4) is 0 Å². The van der Waals surface area contributed by atoms with Crippen molar-refractivity contribution >= 4 is 16.9 Å². The summed E-state index contributed by atoms with van der Waals surface area (Å²) in [5.74, 6) is -1.11. The Morgan fingerprint density at radius 1 is 1.20 bits per heavy atom. The molecular weight excluding hydrogens is 258 g/mol. The molecule has 0 radical (unpaired) electrons. The molecule has 1 unspecified atom stereocenters. The smallest absolute Gasteiger partial charge is 0.339 e. The lowest BCUT2D eigenvalue weighted by Gasteiger charge is -2.12. The zero-order chi connectivity index (χ0) is 14.1. The van der Waals surface area contributed by atoms with E-state index in [1.807, 2.05) is 24.3 Å². The Morgan fingerprint density at radius 2 is 2.00 bits per heavy atom. The Bertz CT molecular complexity index is 773. The number of pyridine rings is 1. The molecule has 1 atom stereocenters. The lowest BCUT2D eigenvalue weighted by molar-refractivity contribution is 0.0687. The maximum Gasteiger partial charge on any atom is 0.339 e. The van der Waals surface area contributed by atoms with Crippen LogP contribution < -0.4 is 0 Å². The van der Waals surface area contributed by atoms with E-state index >= 15 is 0 Å². The summed E-state index contributed by atoms with van der Waals surface area (Å²) in [5.41, 5.74) is 1.25. The van der Waals surface area contributed by atoms with Crippen molar-refractivity contribution in [3.8, 4) is 0 Å². The van der Waals surface area contributed by atoms with Gasteiger partial charge in [-0.3, -0.25) is 4.98 Å². The minimum absolute atomic E-state index is 0.0221. The van der Waals surface area contributed by atoms with Crippen molar-refractivity contribution in [1.29, 1.82) is 0 Å². The molecule has 2 heterocycles. The van der Waals surface area contributed by atoms with Gasteiger partial charge in [0.1, 0.15) is 11.7 Å². The van der Waals surface area contributed by atoms with Gasteiger partial charge in [0.05, 0.1) is 11.8 Å². The number of carboxylic acid groups (broad SMARTS) is 1. The SMILES string of the molecule is O=C(O)c1ccoc1C(O)c1ccnc2ccccc12. The molecule has 20 heavy (non-hydrogen) atoms. The van der Waals surface area contributed by atoms with Crippen LogP contribution in [-0.2, 0) is 0 Å². The first kappa shape index (κ1) is 12.4. The van der Waals surface area contributed by atoms with Crippen LogP contribution >= 0.6 is 0 Å². The number of hydrogen-bond acceptors (Lipinski definition) is 4. The number of furan rings is 1. The quantitative estimate of drug-likeness (QED) is 0.763. The number of carboxylic acids is 1. The molecule has 5 heteroatoms. The molecule has 100 valence electrons. The summed E-state index contributed by atoms with van der Waals surface area (Å²) >= 11 is 0. The van der Waals surface area contributed by atoms with E-state index in [0.717, 1.165) is 10.9 Å². The second-order valence-electron chi connectivity index (χ2n) is 4.32. The van der Waals surface area contributed by atoms with Gasteiger partial charge in [0.2, 0.25) is 0 Å². The predicted octanol–water partition coefficient (Wildman–Crippen LogP) is 2.61. The van der Waals surface area contributed by atoms with Crippen molar-refractivity contribution in [1.82, 2.24) is 4.98 Å². The summed E-state index contributed by atoms with van der Waals surface area (Å²) in [6, 6.07) is 10.3. The highest BCUT2D eigenvalue weighted by molar-refractivity contribution is 5.89. The van der Waals surface area contributed by atoms with Crippen LogP contribution in [0.5, 0.6) is 0 Å². The number of carbonyl (C=O) groups is 1. The van der Waals surface area contributed by atoms with Gasteiger partial charge in [-0.05, 0) is 23.8 Å². The summed E-state index contributed by atoms with van der Waals surface area (Å²) < 4.78 is 5.14. The molecule has 3 aromatic rings. The molecule has 0 aliphatic rings. The fourth-order valence-electron chi connectivity index (χ4n) is 2.21. The molecule has 2 N–H and O–H groups in total. The average molecular weight is 269 g/mol. The van der Waals surface area contributed by atoms with Crippen LogP contribution in [0.1, 0.15) is 27.8 Å². The van der Waals surface area contributed by atoms with Crippen LogP contribution in [0, 0.1) is 0 Å². The van der Waals surface area contributed by atoms with Gasteiger partial charge in [-0.2, -0.15) is 0 Å². The highest BCUT2D eigenvalue weighted by Gasteiger charge is 2.23. The van der Waals surface area contributed by atoms with Gasteiger partial charge in [0.25, 0.3) is 0 Å². The van der Waals surface area contributed by atoms with Crippen molar-refractivity contribution in [2.45, 2.75) is 6.10 Å². The molecule has 2 aromatic heterocycles. The topological polar surface area (TPSA) is 83.6 Å². The fraction of sp³-hybridized carbons (Fsp3) is 0.0667. The fourth-order valence-corrected chi connectivity index (χ4v) is 2.21. The Hall–Kier alpha value is -2.66. The lowest BCUT2D eigenvalue weighted by Crippen LogP contribution is -2.06. The van der Waals surface area contributed by atoms with Gasteiger partial charge >= 0.3 is 5.97 Å². The maximum absolute atomic E-state index is 11.1. The molecule has 1 aromatic carbocycles. The zero-order valence-electron chi connectivity index (χ0n) is 10.4. The number of aliphatic hydroxyl groups excluding tert-OH is 1. The number of aromatic nitrogens is 1. The number of hydrogen-bond donors (Lipinski definition) is 2. The standard InChI is InChI=1S/C15H11NO4/c17-13(14-11(15(18)19)6-8-20-14)10-5-7-16-12-4-2-1-3-9(10)12/h1-8,13,17H,(H,18,19). The van der Waals surface area contributed by atoms with Crippen molar-refractivity contribution in [3.63, 3.8) is 0 Å². The van der Waals surface area contributed by atoms with E-state index in [0.29, 0.717) is 5.56 Å². The Balaban J connectivity index is 2.15. The van der Waals surface area contributed by atoms with Crippen LogP contribution in [0.2, 0.25) is 0 Å². The van der Waals surface area contributed by atoms with Crippen molar-refractivity contribution in [3.05, 3.63) is 65.7 Å². The second kappa shape index (κ2) is 4.79. The van der Waals surface area contributed by atoms with E-state index in [-0.39, 0.29) is 11.3 Å². The number of aromatic carboxylic acids is 1. The minimum Gasteiger partial charge on any atom is -0.478 e. The zero-order valence-corrected chi connectivity index (χ0v) is 10.4. The summed E-state index contributed by atoms with van der Waals surface area (Å²) in [4.78, 5) is 15.3. The van der Waals surface area contributed by atoms with E-state index in [2.05, 4.69) is 4.98 Å². The number of rotatable bonds is 3. The molecule has 0 aliphatic carbocycles. The van der Waals surface area contributed by atoms with Gasteiger partial charge in [-0.15, -0.1) is 0 Å². The third-order valence-corrected chi connectivity index (χ3v) is 3.15. The van der Waals surface area contributed by atoms with Gasteiger partial charge in [0.15, 0.2) is 5.76 Å². The maximum atomic E-state index is 11.1. The summed E-state index contributed by atoms with van der Waals surface area (Å²) in [7, 11) is 0. The van der Waals surface area contributed by atoms with Crippen molar-refractivity contribution < 1.29 is 19.4 Å². The van der Waals surface area contributed by atoms with Gasteiger partial charge in [0, 0.05) is 11.6 Å². The first-order valence-electron chi connectivity index (χ1n) is 6.01. The number of nitrogens with zero attached hydrogens (tertiary/aromatic N) is 1. The van der Waals surface area contributed by atoms with E-state index < -0.39 is 12.1 Å². The monoisotopic (exact) mass is 269 g/mol. The highest BCUT2D eigenvalue weighted by Crippen LogP contribution is 2.30. The highest BCUT2D eigenvalue weighted by atomic mass is 16.4. The average Bonchev–Trinajstić information content (AvgIpc) is 2.95. The molecule has 0 fully saturated rings. The normalized spacial score (nSPS) is 12.4. The molecule has 0 bridgehead atoms. The Kier molecular flexibility index (Phi) is 2.96. The van der Waals surface area contributed by atoms with Gasteiger partial charge in [-0.1, -0.05) is 18.2 Å². The summed E-state index contributed by atoms with van der Waals surface area (Å²) in [6.07, 6.45) is 1.68. The molecule has 0 saturated carbocycles. The van der Waals surface area contributed by atoms with E-state index in [9.17, 15) is 9.90 Å². The largest absolute Gasteiger partial charge is 0.478 e. The first-order chi connectivity index (χ1) is 9.68. The Morgan fingerprint density at radius 3 is 2.80 bits per heavy atom. The van der Waals surface area contributed by atoms with Crippen LogP contribution in [-0.4, -0.2) is 21.2 Å². The Labute approximate surface area is 114 Å². The second-order valence-corrected chi connectivity index (χ2v) is 4.32. The molecule has 3 rings (SSSR count). The molecule has 0 spiro atoms. The van der Waals surface area contributed by atoms with Crippen LogP contribution in [0.15, 0.2) is 53.3 Å². The minimum atomic E-state index is -1.15. The number of benzene rings is 1. The first-order valence-corrected chi connectivity index (χ1v) is 6.01. The van der Waals surface area contributed by atoms with Crippen molar-refractivity contribution in [2.24, 2.45) is 0 Å². The van der Waals surface area contributed by atoms with E-state index in [4.69, 9.17) is 9.52 Å². The van der Waals surface area contributed by atoms with Crippen LogP contribution in [0.25, 0.3) is 10.9 Å². The van der Waals surface area contributed by atoms with Crippen molar-refractivity contribution in [2.75, 3.05) is 0 Å². The molecule has 5 nitrogen and oxygen atoms in total. The number of para-hydroxylation sites is 1. The van der Waals surface area contributed by atoms with Crippen LogP contribution in [0.4, 0.5) is 0 Å². The third kappa shape index (κ3) is 1.94. The lowest BCUT2D eigenvalue weighted by atomic mass is 10.0. The molecule has 0 aliphatic heterocycles. The van der Waals surface area contributed by atoms with E-state index in [1.54, 1.807) is 12.3 Å². The summed E-state index contributed by atoms with van der Waals surface area (Å²) in [5, 5.41) is 20.3. The molecule has 0 saturated heterocycles. The molecule has 0 amide bonds. The van der Waals surface area contributed by atoms with Gasteiger partial charge < -0.3 is 14.6 Å². The predicted molar refractivity (Wildman–Crippen MR) is 71.5 cm³/mol. The van der Waals surface area contributed by atoms with Gasteiger partial charge in [-0.25, -0.2) is 4.79 Å². The summed E-state index contributed by atoms with van der Waals surface area (Å²) in [6.45, 7) is 0. The van der Waals surface area contributed by atoms with E-state index in [1.165, 1.54) is 12.3 Å².